The van der Waals surface area contributed by atoms with Gasteiger partial charge in [-0.3, -0.25) is 9.38 Å². The van der Waals surface area contributed by atoms with Crippen LogP contribution in [0.4, 0.5) is 10.2 Å². The number of halogens is 1. The van der Waals surface area contributed by atoms with Crippen LogP contribution in [0.15, 0.2) is 48.9 Å². The molecule has 0 radical (unpaired) electrons. The third kappa shape index (κ3) is 3.05. The Bertz CT molecular complexity index is 1150. The number of methoxy groups -OCH3 is 1. The quantitative estimate of drug-likeness (QED) is 0.566. The molecule has 28 heavy (non-hydrogen) atoms. The van der Waals surface area contributed by atoms with Crippen molar-refractivity contribution < 1.29 is 9.13 Å². The van der Waals surface area contributed by atoms with Crippen molar-refractivity contribution in [2.45, 2.75) is 20.4 Å². The second-order valence-corrected chi connectivity index (χ2v) is 6.50. The largest absolute Gasteiger partial charge is 0.496 e. The highest BCUT2D eigenvalue weighted by molar-refractivity contribution is 5.81. The maximum atomic E-state index is 14.2. The van der Waals surface area contributed by atoms with Crippen molar-refractivity contribution in [1.29, 1.82) is 0 Å². The molecule has 0 aliphatic heterocycles. The van der Waals surface area contributed by atoms with E-state index in [0.29, 0.717) is 11.3 Å². The smallest absolute Gasteiger partial charge is 0.170 e. The Morgan fingerprint density at radius 1 is 1.11 bits per heavy atom. The number of ether oxygens (including phenoxy) is 1. The summed E-state index contributed by atoms with van der Waals surface area (Å²) in [6, 6.07) is 10.7. The number of fused-ring (bicyclic) bond motifs is 1. The average molecular weight is 377 g/mol. The first-order chi connectivity index (χ1) is 13.6. The summed E-state index contributed by atoms with van der Waals surface area (Å²) in [5.41, 5.74) is 5.30. The first kappa shape index (κ1) is 17.9. The third-order valence-corrected chi connectivity index (χ3v) is 4.94. The first-order valence-corrected chi connectivity index (χ1v) is 8.90. The summed E-state index contributed by atoms with van der Waals surface area (Å²) >= 11 is 0. The molecule has 0 bridgehead atoms. The van der Waals surface area contributed by atoms with Crippen molar-refractivity contribution in [3.8, 4) is 16.9 Å². The van der Waals surface area contributed by atoms with Gasteiger partial charge in [-0.1, -0.05) is 6.07 Å². The van der Waals surface area contributed by atoms with Crippen LogP contribution < -0.4 is 10.1 Å². The Hall–Kier alpha value is -3.48. The summed E-state index contributed by atoms with van der Waals surface area (Å²) in [5.74, 6) is 0.954. The van der Waals surface area contributed by atoms with E-state index in [4.69, 9.17) is 4.74 Å². The Morgan fingerprint density at radius 2 is 1.96 bits per heavy atom. The molecule has 3 aromatic heterocycles. The molecule has 0 amide bonds. The number of aryl methyl sites for hydroxylation is 1. The summed E-state index contributed by atoms with van der Waals surface area (Å²) in [6.45, 7) is 4.30. The van der Waals surface area contributed by atoms with Crippen LogP contribution in [0.1, 0.15) is 16.8 Å². The fraction of sp³-hybridized carbons (Fsp3) is 0.190. The van der Waals surface area contributed by atoms with Crippen LogP contribution in [0, 0.1) is 19.7 Å². The van der Waals surface area contributed by atoms with Gasteiger partial charge in [-0.25, -0.2) is 4.39 Å². The van der Waals surface area contributed by atoms with E-state index in [9.17, 15) is 4.39 Å². The zero-order chi connectivity index (χ0) is 19.7. The van der Waals surface area contributed by atoms with E-state index in [2.05, 4.69) is 20.5 Å². The van der Waals surface area contributed by atoms with Crippen LogP contribution in [0.5, 0.6) is 5.75 Å². The van der Waals surface area contributed by atoms with E-state index >= 15 is 0 Å². The van der Waals surface area contributed by atoms with Crippen molar-refractivity contribution in [3.05, 3.63) is 71.6 Å². The molecule has 4 aromatic rings. The van der Waals surface area contributed by atoms with Gasteiger partial charge in [0.05, 0.1) is 7.11 Å². The Morgan fingerprint density at radius 3 is 2.79 bits per heavy atom. The summed E-state index contributed by atoms with van der Waals surface area (Å²) < 4.78 is 21.3. The van der Waals surface area contributed by atoms with Crippen molar-refractivity contribution >= 4 is 11.5 Å². The first-order valence-electron chi connectivity index (χ1n) is 8.90. The van der Waals surface area contributed by atoms with Gasteiger partial charge in [-0.2, -0.15) is 0 Å². The standard InChI is InChI=1S/C21H20FN5O/c1-13-14(2)23-10-9-15(13)16-7-8-20(27-12-25-26-21(16)27)24-11-17-18(22)5-4-6-19(17)28-3/h4-10,12,24H,11H2,1-3H3. The second kappa shape index (κ2) is 7.26. The molecule has 0 aliphatic rings. The molecular weight excluding hydrogens is 357 g/mol. The minimum atomic E-state index is -0.314. The van der Waals surface area contributed by atoms with E-state index in [0.717, 1.165) is 33.8 Å². The Kier molecular flexibility index (Phi) is 4.65. The van der Waals surface area contributed by atoms with E-state index in [1.807, 2.05) is 36.4 Å². The van der Waals surface area contributed by atoms with E-state index in [1.165, 1.54) is 13.2 Å². The van der Waals surface area contributed by atoms with Gasteiger partial charge in [0.25, 0.3) is 0 Å². The molecule has 0 unspecified atom stereocenters. The lowest BCUT2D eigenvalue weighted by Crippen LogP contribution is -2.07. The highest BCUT2D eigenvalue weighted by atomic mass is 19.1. The predicted molar refractivity (Wildman–Crippen MR) is 106 cm³/mol. The molecular formula is C21H20FN5O. The predicted octanol–water partition coefficient (Wildman–Crippen LogP) is 4.17. The van der Waals surface area contributed by atoms with Crippen molar-refractivity contribution in [2.75, 3.05) is 12.4 Å². The number of rotatable bonds is 5. The maximum Gasteiger partial charge on any atom is 0.170 e. The van der Waals surface area contributed by atoms with Crippen LogP contribution >= 0.6 is 0 Å². The zero-order valence-corrected chi connectivity index (χ0v) is 15.9. The Labute approximate surface area is 162 Å². The SMILES string of the molecule is COc1cccc(F)c1CNc1ccc(-c2ccnc(C)c2C)c2nncn12. The van der Waals surface area contributed by atoms with Gasteiger partial charge in [-0.15, -0.1) is 10.2 Å². The van der Waals surface area contributed by atoms with Crippen molar-refractivity contribution in [3.63, 3.8) is 0 Å². The van der Waals surface area contributed by atoms with Crippen molar-refractivity contribution in [2.24, 2.45) is 0 Å². The maximum absolute atomic E-state index is 14.2. The van der Waals surface area contributed by atoms with Gasteiger partial charge < -0.3 is 10.1 Å². The van der Waals surface area contributed by atoms with E-state index in [-0.39, 0.29) is 12.4 Å². The number of hydrogen-bond acceptors (Lipinski definition) is 5. The summed E-state index contributed by atoms with van der Waals surface area (Å²) in [7, 11) is 1.53. The number of aromatic nitrogens is 4. The van der Waals surface area contributed by atoms with Crippen LogP contribution in [-0.4, -0.2) is 26.7 Å². The number of pyridine rings is 2. The summed E-state index contributed by atoms with van der Waals surface area (Å²) in [5, 5.41) is 11.6. The van der Waals surface area contributed by atoms with Gasteiger partial charge in [-0.05, 0) is 55.3 Å². The lowest BCUT2D eigenvalue weighted by Gasteiger charge is -2.14. The van der Waals surface area contributed by atoms with E-state index < -0.39 is 0 Å². The van der Waals surface area contributed by atoms with Gasteiger partial charge in [0.2, 0.25) is 0 Å². The minimum Gasteiger partial charge on any atom is -0.496 e. The minimum absolute atomic E-state index is 0.274. The molecule has 0 atom stereocenters. The number of benzene rings is 1. The topological polar surface area (TPSA) is 64.3 Å². The summed E-state index contributed by atoms with van der Waals surface area (Å²) in [4.78, 5) is 4.34. The number of anilines is 1. The van der Waals surface area contributed by atoms with Crippen LogP contribution in [0.2, 0.25) is 0 Å². The monoisotopic (exact) mass is 377 g/mol. The second-order valence-electron chi connectivity index (χ2n) is 6.50. The molecule has 3 heterocycles. The molecule has 4 rings (SSSR count). The molecule has 1 N–H and O–H groups in total. The average Bonchev–Trinajstić information content (AvgIpc) is 3.19. The molecule has 142 valence electrons. The lowest BCUT2D eigenvalue weighted by atomic mass is 10.0. The Balaban J connectivity index is 1.72. The van der Waals surface area contributed by atoms with Crippen LogP contribution in [-0.2, 0) is 6.54 Å². The highest BCUT2D eigenvalue weighted by Gasteiger charge is 2.14. The van der Waals surface area contributed by atoms with Crippen LogP contribution in [0.3, 0.4) is 0 Å². The number of nitrogens with zero attached hydrogens (tertiary/aromatic N) is 4. The third-order valence-electron chi connectivity index (χ3n) is 4.94. The number of hydrogen-bond donors (Lipinski definition) is 1. The summed E-state index contributed by atoms with van der Waals surface area (Å²) in [6.07, 6.45) is 3.43. The molecule has 0 spiro atoms. The molecule has 7 heteroatoms. The zero-order valence-electron chi connectivity index (χ0n) is 15.9. The molecule has 0 saturated heterocycles. The number of nitrogens with one attached hydrogen (secondary N) is 1. The highest BCUT2D eigenvalue weighted by Crippen LogP contribution is 2.30. The van der Waals surface area contributed by atoms with Gasteiger partial charge >= 0.3 is 0 Å². The molecule has 0 aliphatic carbocycles. The lowest BCUT2D eigenvalue weighted by molar-refractivity contribution is 0.405. The molecule has 0 fully saturated rings. The van der Waals surface area contributed by atoms with Crippen LogP contribution in [0.25, 0.3) is 16.8 Å². The van der Waals surface area contributed by atoms with Gasteiger partial charge in [0, 0.05) is 29.6 Å². The van der Waals surface area contributed by atoms with E-state index in [1.54, 1.807) is 24.7 Å². The van der Waals surface area contributed by atoms with Gasteiger partial charge in [0.15, 0.2) is 5.65 Å². The fourth-order valence-corrected chi connectivity index (χ4v) is 3.28. The van der Waals surface area contributed by atoms with Gasteiger partial charge in [0.1, 0.15) is 23.7 Å². The normalized spacial score (nSPS) is 11.0. The molecule has 1 aromatic carbocycles. The molecule has 0 saturated carbocycles. The fourth-order valence-electron chi connectivity index (χ4n) is 3.28. The molecule has 6 nitrogen and oxygen atoms in total. The van der Waals surface area contributed by atoms with Crippen molar-refractivity contribution in [1.82, 2.24) is 19.6 Å².